The van der Waals surface area contributed by atoms with Crippen LogP contribution in [0.2, 0.25) is 0 Å². The molecule has 5 heteroatoms. The van der Waals surface area contributed by atoms with Gasteiger partial charge in [-0.05, 0) is 38.5 Å². The lowest BCUT2D eigenvalue weighted by Crippen LogP contribution is -2.56. The van der Waals surface area contributed by atoms with E-state index in [4.69, 9.17) is 4.74 Å². The molecule has 134 valence electrons. The Bertz CT molecular complexity index is 388. The Labute approximate surface area is 142 Å². The Kier molecular flexibility index (Phi) is 6.72. The van der Waals surface area contributed by atoms with Crippen LogP contribution < -0.4 is 5.32 Å². The topological polar surface area (TPSA) is 40.1 Å². The number of nitrogens with one attached hydrogen (secondary N) is 1. The molecule has 1 unspecified atom stereocenters. The second-order valence-electron chi connectivity index (χ2n) is 8.04. The molecule has 23 heavy (non-hydrogen) atoms. The van der Waals surface area contributed by atoms with Gasteiger partial charge in [0.2, 0.25) is 0 Å². The van der Waals surface area contributed by atoms with E-state index in [9.17, 15) is 0 Å². The maximum Gasteiger partial charge on any atom is 0.193 e. The summed E-state index contributed by atoms with van der Waals surface area (Å²) >= 11 is 0. The van der Waals surface area contributed by atoms with Crippen molar-refractivity contribution in [3.63, 3.8) is 0 Å². The highest BCUT2D eigenvalue weighted by molar-refractivity contribution is 5.80. The molecule has 0 bridgehead atoms. The van der Waals surface area contributed by atoms with Gasteiger partial charge in [-0.15, -0.1) is 0 Å². The second-order valence-corrected chi connectivity index (χ2v) is 8.04. The molecule has 0 aromatic heterocycles. The summed E-state index contributed by atoms with van der Waals surface area (Å²) < 4.78 is 5.47. The van der Waals surface area contributed by atoms with E-state index >= 15 is 0 Å². The predicted molar refractivity (Wildman–Crippen MR) is 97.0 cm³/mol. The Balaban J connectivity index is 1.83. The van der Waals surface area contributed by atoms with E-state index in [1.54, 1.807) is 0 Å². The summed E-state index contributed by atoms with van der Waals surface area (Å²) in [6.45, 7) is 16.2. The van der Waals surface area contributed by atoms with Crippen LogP contribution >= 0.6 is 0 Å². The number of nitrogens with zero attached hydrogens (tertiary/aromatic N) is 3. The summed E-state index contributed by atoms with van der Waals surface area (Å²) in [6.07, 6.45) is 2.62. The number of hydrogen-bond acceptors (Lipinski definition) is 3. The van der Waals surface area contributed by atoms with Gasteiger partial charge >= 0.3 is 0 Å². The molecule has 2 heterocycles. The van der Waals surface area contributed by atoms with E-state index in [2.05, 4.69) is 47.8 Å². The molecule has 0 amide bonds. The van der Waals surface area contributed by atoms with Gasteiger partial charge < -0.3 is 15.0 Å². The van der Waals surface area contributed by atoms with Crippen molar-refractivity contribution in [3.8, 4) is 0 Å². The highest BCUT2D eigenvalue weighted by atomic mass is 16.5. The van der Waals surface area contributed by atoms with Gasteiger partial charge in [0.05, 0.1) is 13.2 Å². The van der Waals surface area contributed by atoms with Gasteiger partial charge in [-0.3, -0.25) is 9.89 Å². The molecule has 2 rings (SSSR count). The number of hydrogen-bond donors (Lipinski definition) is 1. The Hall–Kier alpha value is -0.810. The zero-order chi connectivity index (χ0) is 16.9. The minimum Gasteiger partial charge on any atom is -0.379 e. The number of morpholine rings is 1. The standard InChI is InChI=1S/C18H36N4O/c1-15(2)12-16-6-7-21(13-16)17(19-5)20-14-18(3,4)22-8-10-23-11-9-22/h15-16H,6-14H2,1-5H3,(H,19,20). The van der Waals surface area contributed by atoms with Crippen molar-refractivity contribution >= 4 is 5.96 Å². The number of likely N-dealkylation sites (tertiary alicyclic amines) is 1. The summed E-state index contributed by atoms with van der Waals surface area (Å²) in [6, 6.07) is 0. The molecule has 0 aliphatic carbocycles. The molecule has 1 N–H and O–H groups in total. The van der Waals surface area contributed by atoms with Crippen molar-refractivity contribution in [1.82, 2.24) is 15.1 Å². The molecule has 0 radical (unpaired) electrons. The number of aliphatic imine (C=N–C) groups is 1. The summed E-state index contributed by atoms with van der Waals surface area (Å²) in [5, 5.41) is 3.62. The first-order valence-corrected chi connectivity index (χ1v) is 9.21. The molecule has 0 aromatic carbocycles. The lowest BCUT2D eigenvalue weighted by atomic mass is 9.97. The largest absolute Gasteiger partial charge is 0.379 e. The first-order chi connectivity index (χ1) is 10.9. The quantitative estimate of drug-likeness (QED) is 0.621. The Morgan fingerprint density at radius 3 is 2.57 bits per heavy atom. The van der Waals surface area contributed by atoms with Gasteiger partial charge in [0, 0.05) is 45.3 Å². The van der Waals surface area contributed by atoms with Crippen LogP contribution in [0.5, 0.6) is 0 Å². The SMILES string of the molecule is CN=C(NCC(C)(C)N1CCOCC1)N1CCC(CC(C)C)C1. The van der Waals surface area contributed by atoms with E-state index in [0.29, 0.717) is 0 Å². The van der Waals surface area contributed by atoms with Gasteiger partial charge in [-0.2, -0.15) is 0 Å². The zero-order valence-electron chi connectivity index (χ0n) is 15.8. The number of rotatable bonds is 5. The zero-order valence-corrected chi connectivity index (χ0v) is 15.8. The lowest BCUT2D eigenvalue weighted by Gasteiger charge is -2.41. The van der Waals surface area contributed by atoms with Crippen LogP contribution in [-0.2, 0) is 4.74 Å². The van der Waals surface area contributed by atoms with E-state index in [1.807, 2.05) is 7.05 Å². The third kappa shape index (κ3) is 5.35. The van der Waals surface area contributed by atoms with Crippen molar-refractivity contribution in [2.24, 2.45) is 16.8 Å². The van der Waals surface area contributed by atoms with Gasteiger partial charge in [0.15, 0.2) is 5.96 Å². The average Bonchev–Trinajstić information content (AvgIpc) is 2.96. The highest BCUT2D eigenvalue weighted by Gasteiger charge is 2.30. The molecule has 2 fully saturated rings. The molecule has 5 nitrogen and oxygen atoms in total. The van der Waals surface area contributed by atoms with Crippen LogP contribution in [0.4, 0.5) is 0 Å². The van der Waals surface area contributed by atoms with Crippen molar-refractivity contribution in [3.05, 3.63) is 0 Å². The minimum atomic E-state index is 0.122. The fourth-order valence-electron chi connectivity index (χ4n) is 3.79. The third-order valence-corrected chi connectivity index (χ3v) is 5.15. The number of guanidine groups is 1. The van der Waals surface area contributed by atoms with Crippen molar-refractivity contribution in [2.75, 3.05) is 53.0 Å². The van der Waals surface area contributed by atoms with Gasteiger partial charge in [-0.25, -0.2) is 0 Å². The molecule has 0 spiro atoms. The Morgan fingerprint density at radius 2 is 1.96 bits per heavy atom. The van der Waals surface area contributed by atoms with Crippen LogP contribution in [0.25, 0.3) is 0 Å². The minimum absolute atomic E-state index is 0.122. The van der Waals surface area contributed by atoms with Crippen LogP contribution in [0.1, 0.15) is 40.5 Å². The van der Waals surface area contributed by atoms with Crippen molar-refractivity contribution in [2.45, 2.75) is 46.1 Å². The molecule has 2 aliphatic rings. The van der Waals surface area contributed by atoms with Gasteiger partial charge in [0.25, 0.3) is 0 Å². The molecule has 2 saturated heterocycles. The molecular formula is C18H36N4O. The summed E-state index contributed by atoms with van der Waals surface area (Å²) in [5.74, 6) is 2.67. The average molecular weight is 325 g/mol. The Morgan fingerprint density at radius 1 is 1.26 bits per heavy atom. The first-order valence-electron chi connectivity index (χ1n) is 9.21. The third-order valence-electron chi connectivity index (χ3n) is 5.15. The lowest BCUT2D eigenvalue weighted by molar-refractivity contribution is -0.00846. The smallest absolute Gasteiger partial charge is 0.193 e. The molecule has 0 aromatic rings. The summed E-state index contributed by atoms with van der Waals surface area (Å²) in [4.78, 5) is 9.47. The first kappa shape index (κ1) is 18.5. The fourth-order valence-corrected chi connectivity index (χ4v) is 3.79. The fraction of sp³-hybridized carbons (Fsp3) is 0.944. The number of ether oxygens (including phenoxy) is 1. The highest BCUT2D eigenvalue weighted by Crippen LogP contribution is 2.23. The maximum atomic E-state index is 5.47. The van der Waals surface area contributed by atoms with Crippen LogP contribution in [0.3, 0.4) is 0 Å². The van der Waals surface area contributed by atoms with Gasteiger partial charge in [0.1, 0.15) is 0 Å². The van der Waals surface area contributed by atoms with Crippen LogP contribution in [-0.4, -0.2) is 74.3 Å². The second kappa shape index (κ2) is 8.34. The van der Waals surface area contributed by atoms with Crippen molar-refractivity contribution in [1.29, 1.82) is 0 Å². The van der Waals surface area contributed by atoms with Gasteiger partial charge in [-0.1, -0.05) is 13.8 Å². The molecule has 0 saturated carbocycles. The molecule has 2 aliphatic heterocycles. The summed E-state index contributed by atoms with van der Waals surface area (Å²) in [5.41, 5.74) is 0.122. The predicted octanol–water partition coefficient (Wildman–Crippen LogP) is 2.04. The van der Waals surface area contributed by atoms with E-state index < -0.39 is 0 Å². The monoisotopic (exact) mass is 324 g/mol. The van der Waals surface area contributed by atoms with E-state index in [1.165, 1.54) is 12.8 Å². The van der Waals surface area contributed by atoms with Crippen LogP contribution in [0.15, 0.2) is 4.99 Å². The van der Waals surface area contributed by atoms with Crippen LogP contribution in [0, 0.1) is 11.8 Å². The summed E-state index contributed by atoms with van der Waals surface area (Å²) in [7, 11) is 1.90. The maximum absolute atomic E-state index is 5.47. The van der Waals surface area contributed by atoms with Crippen molar-refractivity contribution < 1.29 is 4.74 Å². The normalized spacial score (nSPS) is 24.5. The molecular weight excluding hydrogens is 288 g/mol. The van der Waals surface area contributed by atoms with E-state index in [0.717, 1.165) is 63.7 Å². The van der Waals surface area contributed by atoms with E-state index in [-0.39, 0.29) is 5.54 Å². The molecule has 1 atom stereocenters.